The summed E-state index contributed by atoms with van der Waals surface area (Å²) in [4.78, 5) is 0. The van der Waals surface area contributed by atoms with E-state index in [9.17, 15) is 0 Å². The zero-order valence-corrected chi connectivity index (χ0v) is 13.1. The van der Waals surface area contributed by atoms with Crippen LogP contribution >= 0.6 is 0 Å². The molecule has 20 heavy (non-hydrogen) atoms. The van der Waals surface area contributed by atoms with Gasteiger partial charge < -0.3 is 5.32 Å². The molecular formula is C17H25N3. The van der Waals surface area contributed by atoms with Crippen molar-refractivity contribution in [3.8, 4) is 0 Å². The fourth-order valence-electron chi connectivity index (χ4n) is 2.55. The average molecular weight is 271 g/mol. The van der Waals surface area contributed by atoms with E-state index in [4.69, 9.17) is 0 Å². The van der Waals surface area contributed by atoms with Crippen molar-refractivity contribution in [1.29, 1.82) is 0 Å². The molecule has 0 fully saturated rings. The highest BCUT2D eigenvalue weighted by Gasteiger charge is 2.21. The summed E-state index contributed by atoms with van der Waals surface area (Å²) < 4.78 is 1.88. The highest BCUT2D eigenvalue weighted by molar-refractivity contribution is 5.24. The zero-order valence-electron chi connectivity index (χ0n) is 13.1. The first-order valence-corrected chi connectivity index (χ1v) is 7.19. The van der Waals surface area contributed by atoms with Crippen molar-refractivity contribution in [3.63, 3.8) is 0 Å². The average Bonchev–Trinajstić information content (AvgIpc) is 2.76. The summed E-state index contributed by atoms with van der Waals surface area (Å²) in [6.07, 6.45) is 2.10. The van der Waals surface area contributed by atoms with Gasteiger partial charge in [-0.3, -0.25) is 4.68 Å². The van der Waals surface area contributed by atoms with Gasteiger partial charge in [0.1, 0.15) is 0 Å². The van der Waals surface area contributed by atoms with Crippen LogP contribution in [0.3, 0.4) is 0 Å². The first kappa shape index (κ1) is 14.8. The monoisotopic (exact) mass is 271 g/mol. The van der Waals surface area contributed by atoms with Crippen LogP contribution in [0.2, 0.25) is 0 Å². The minimum Gasteiger partial charge on any atom is -0.309 e. The molecule has 1 unspecified atom stereocenters. The maximum Gasteiger partial charge on any atom is 0.0641 e. The van der Waals surface area contributed by atoms with Crippen molar-refractivity contribution in [2.45, 2.75) is 39.2 Å². The Kier molecular flexibility index (Phi) is 4.29. The third-order valence-corrected chi connectivity index (χ3v) is 3.92. The van der Waals surface area contributed by atoms with E-state index in [-0.39, 0.29) is 5.41 Å². The van der Waals surface area contributed by atoms with E-state index in [1.165, 1.54) is 11.1 Å². The van der Waals surface area contributed by atoms with E-state index in [0.717, 1.165) is 12.2 Å². The lowest BCUT2D eigenvalue weighted by Gasteiger charge is -2.27. The van der Waals surface area contributed by atoms with Gasteiger partial charge in [0.25, 0.3) is 0 Å². The van der Waals surface area contributed by atoms with E-state index < -0.39 is 0 Å². The first-order chi connectivity index (χ1) is 9.40. The number of nitrogens with one attached hydrogen (secondary N) is 1. The quantitative estimate of drug-likeness (QED) is 0.903. The lowest BCUT2D eigenvalue weighted by Crippen LogP contribution is -2.34. The van der Waals surface area contributed by atoms with E-state index in [1.54, 1.807) is 0 Å². The van der Waals surface area contributed by atoms with Gasteiger partial charge in [-0.15, -0.1) is 0 Å². The van der Waals surface area contributed by atoms with Crippen molar-refractivity contribution >= 4 is 0 Å². The molecule has 0 radical (unpaired) electrons. The third kappa shape index (κ3) is 3.28. The molecule has 0 bridgehead atoms. The number of hydrogen-bond acceptors (Lipinski definition) is 2. The summed E-state index contributed by atoms with van der Waals surface area (Å²) >= 11 is 0. The maximum absolute atomic E-state index is 4.41. The Morgan fingerprint density at radius 3 is 2.45 bits per heavy atom. The van der Waals surface area contributed by atoms with Crippen LogP contribution in [0, 0.1) is 6.92 Å². The smallest absolute Gasteiger partial charge is 0.0641 e. The summed E-state index contributed by atoms with van der Waals surface area (Å²) in [5, 5.41) is 8.05. The number of aromatic nitrogens is 2. The molecule has 2 rings (SSSR count). The van der Waals surface area contributed by atoms with E-state index in [2.05, 4.69) is 74.6 Å². The molecule has 0 aliphatic carbocycles. The van der Waals surface area contributed by atoms with Gasteiger partial charge >= 0.3 is 0 Å². The Labute approximate surface area is 122 Å². The Hall–Kier alpha value is -1.61. The van der Waals surface area contributed by atoms with Gasteiger partial charge in [0, 0.05) is 36.8 Å². The fraction of sp³-hybridized carbons (Fsp3) is 0.471. The van der Waals surface area contributed by atoms with Crippen LogP contribution in [-0.2, 0) is 12.5 Å². The Morgan fingerprint density at radius 1 is 1.25 bits per heavy atom. The van der Waals surface area contributed by atoms with Gasteiger partial charge in [0.2, 0.25) is 0 Å². The molecule has 108 valence electrons. The molecule has 0 saturated carbocycles. The molecule has 3 heteroatoms. The number of benzene rings is 1. The minimum atomic E-state index is 0.117. The van der Waals surface area contributed by atoms with Crippen molar-refractivity contribution in [3.05, 3.63) is 53.3 Å². The Morgan fingerprint density at radius 2 is 1.90 bits per heavy atom. The van der Waals surface area contributed by atoms with E-state index >= 15 is 0 Å². The lowest BCUT2D eigenvalue weighted by atomic mass is 9.84. The molecule has 1 atom stereocenters. The molecule has 0 spiro atoms. The molecule has 1 heterocycles. The van der Waals surface area contributed by atoms with Crippen LogP contribution in [0.4, 0.5) is 0 Å². The van der Waals surface area contributed by atoms with Gasteiger partial charge in [-0.05, 0) is 19.4 Å². The largest absolute Gasteiger partial charge is 0.309 e. The second kappa shape index (κ2) is 5.80. The van der Waals surface area contributed by atoms with Crippen LogP contribution in [-0.4, -0.2) is 16.3 Å². The van der Waals surface area contributed by atoms with Gasteiger partial charge in [0.05, 0.1) is 5.69 Å². The third-order valence-electron chi connectivity index (χ3n) is 3.92. The highest BCUT2D eigenvalue weighted by atomic mass is 15.3. The molecule has 0 aliphatic rings. The van der Waals surface area contributed by atoms with Gasteiger partial charge in [0.15, 0.2) is 0 Å². The van der Waals surface area contributed by atoms with Crippen molar-refractivity contribution in [1.82, 2.24) is 15.1 Å². The van der Waals surface area contributed by atoms with Crippen LogP contribution in [0.5, 0.6) is 0 Å². The van der Waals surface area contributed by atoms with E-state index in [1.807, 2.05) is 11.7 Å². The minimum absolute atomic E-state index is 0.117. The van der Waals surface area contributed by atoms with Crippen molar-refractivity contribution in [2.24, 2.45) is 7.05 Å². The summed E-state index contributed by atoms with van der Waals surface area (Å²) in [5.41, 5.74) is 3.86. The molecule has 1 aromatic carbocycles. The van der Waals surface area contributed by atoms with Gasteiger partial charge in [-0.1, -0.05) is 44.2 Å². The molecule has 2 aromatic rings. The van der Waals surface area contributed by atoms with Gasteiger partial charge in [-0.2, -0.15) is 5.10 Å². The summed E-state index contributed by atoms with van der Waals surface area (Å²) in [7, 11) is 1.97. The topological polar surface area (TPSA) is 29.9 Å². The predicted octanol–water partition coefficient (Wildman–Crippen LogP) is 3.36. The molecular weight excluding hydrogens is 246 g/mol. The molecule has 0 aliphatic heterocycles. The number of rotatable bonds is 5. The first-order valence-electron chi connectivity index (χ1n) is 7.19. The lowest BCUT2D eigenvalue weighted by molar-refractivity contribution is 0.435. The number of aryl methyl sites for hydroxylation is 2. The molecule has 1 aromatic heterocycles. The number of nitrogens with zero attached hydrogens (tertiary/aromatic N) is 2. The zero-order chi connectivity index (χ0) is 14.8. The van der Waals surface area contributed by atoms with Crippen LogP contribution < -0.4 is 5.32 Å². The number of hydrogen-bond donors (Lipinski definition) is 1. The second-order valence-corrected chi connectivity index (χ2v) is 6.20. The van der Waals surface area contributed by atoms with Crippen molar-refractivity contribution in [2.75, 3.05) is 6.54 Å². The summed E-state index contributed by atoms with van der Waals surface area (Å²) in [6.45, 7) is 9.75. The predicted molar refractivity (Wildman–Crippen MR) is 83.8 cm³/mol. The summed E-state index contributed by atoms with van der Waals surface area (Å²) in [5.74, 6) is 0. The highest BCUT2D eigenvalue weighted by Crippen LogP contribution is 2.23. The molecule has 1 N–H and O–H groups in total. The maximum atomic E-state index is 4.41. The molecule has 0 saturated heterocycles. The van der Waals surface area contributed by atoms with Gasteiger partial charge in [-0.25, -0.2) is 0 Å². The van der Waals surface area contributed by atoms with E-state index in [0.29, 0.717) is 6.04 Å². The molecule has 0 amide bonds. The van der Waals surface area contributed by atoms with Crippen molar-refractivity contribution < 1.29 is 0 Å². The van der Waals surface area contributed by atoms with Crippen LogP contribution in [0.15, 0.2) is 36.5 Å². The van der Waals surface area contributed by atoms with Crippen LogP contribution in [0.25, 0.3) is 0 Å². The summed E-state index contributed by atoms with van der Waals surface area (Å²) in [6, 6.07) is 11.0. The standard InChI is InChI=1S/C17H25N3/c1-13(16-11-20(5)19-14(16)2)18-12-17(3,4)15-9-7-6-8-10-15/h6-11,13,18H,12H2,1-5H3. The second-order valence-electron chi connectivity index (χ2n) is 6.20. The fourth-order valence-corrected chi connectivity index (χ4v) is 2.55. The SMILES string of the molecule is Cc1nn(C)cc1C(C)NCC(C)(C)c1ccccc1. The normalized spacial score (nSPS) is 13.4. The Bertz CT molecular complexity index is 555. The molecule has 3 nitrogen and oxygen atoms in total. The van der Waals surface area contributed by atoms with Crippen LogP contribution in [0.1, 0.15) is 43.6 Å². The Balaban J connectivity index is 2.03.